The zero-order valence-electron chi connectivity index (χ0n) is 11.4. The van der Waals surface area contributed by atoms with Crippen molar-refractivity contribution in [3.05, 3.63) is 16.1 Å². The fourth-order valence-corrected chi connectivity index (χ4v) is 4.62. The van der Waals surface area contributed by atoms with Crippen LogP contribution >= 0.6 is 11.3 Å². The normalized spacial score (nSPS) is 26.3. The van der Waals surface area contributed by atoms with Crippen LogP contribution in [0.1, 0.15) is 36.4 Å². The van der Waals surface area contributed by atoms with Crippen molar-refractivity contribution in [1.82, 2.24) is 4.98 Å². The van der Waals surface area contributed by atoms with Crippen LogP contribution < -0.4 is 0 Å². The third kappa shape index (κ3) is 4.00. The van der Waals surface area contributed by atoms with Gasteiger partial charge in [-0.3, -0.25) is 0 Å². The quantitative estimate of drug-likeness (QED) is 0.923. The van der Waals surface area contributed by atoms with Gasteiger partial charge in [-0.2, -0.15) is 0 Å². The lowest BCUT2D eigenvalue weighted by Gasteiger charge is -2.31. The van der Waals surface area contributed by atoms with Gasteiger partial charge in [0.15, 0.2) is 0 Å². The molecule has 1 aromatic rings. The van der Waals surface area contributed by atoms with Crippen LogP contribution in [0.4, 0.5) is 0 Å². The summed E-state index contributed by atoms with van der Waals surface area (Å²) in [6.07, 6.45) is 4.47. The standard InChI is InChI=1S/C13H21NO3S2/c1-9-14-11(8-18-9)7-13(15)10-4-3-5-12(6-10)19(2,16)17/h8,10,12-13,15H,3-7H2,1-2H3. The van der Waals surface area contributed by atoms with Crippen LogP contribution in [0.3, 0.4) is 0 Å². The summed E-state index contributed by atoms with van der Waals surface area (Å²) in [5.74, 6) is 0.0791. The van der Waals surface area contributed by atoms with Gasteiger partial charge < -0.3 is 5.11 Å². The summed E-state index contributed by atoms with van der Waals surface area (Å²) in [5.41, 5.74) is 0.913. The molecule has 19 heavy (non-hydrogen) atoms. The average molecular weight is 303 g/mol. The highest BCUT2D eigenvalue weighted by Gasteiger charge is 2.32. The van der Waals surface area contributed by atoms with Crippen LogP contribution in [0.2, 0.25) is 0 Å². The van der Waals surface area contributed by atoms with Crippen molar-refractivity contribution >= 4 is 21.2 Å². The van der Waals surface area contributed by atoms with E-state index in [4.69, 9.17) is 0 Å². The monoisotopic (exact) mass is 303 g/mol. The summed E-state index contributed by atoms with van der Waals surface area (Å²) in [4.78, 5) is 4.35. The number of hydrogen-bond acceptors (Lipinski definition) is 5. The summed E-state index contributed by atoms with van der Waals surface area (Å²) < 4.78 is 23.2. The first-order valence-corrected chi connectivity index (χ1v) is 9.47. The van der Waals surface area contributed by atoms with Gasteiger partial charge in [0.05, 0.1) is 22.1 Å². The number of sulfone groups is 1. The molecule has 0 saturated heterocycles. The average Bonchev–Trinajstić information content (AvgIpc) is 2.74. The Hall–Kier alpha value is -0.460. The van der Waals surface area contributed by atoms with Gasteiger partial charge in [0, 0.05) is 18.1 Å². The van der Waals surface area contributed by atoms with E-state index in [1.165, 1.54) is 6.26 Å². The Bertz CT molecular complexity index is 524. The number of aromatic nitrogens is 1. The molecule has 3 atom stereocenters. The molecule has 0 aliphatic heterocycles. The Balaban J connectivity index is 1.97. The highest BCUT2D eigenvalue weighted by Crippen LogP contribution is 2.31. The van der Waals surface area contributed by atoms with Crippen molar-refractivity contribution in [2.24, 2.45) is 5.92 Å². The molecule has 0 amide bonds. The minimum absolute atomic E-state index is 0.0791. The molecular weight excluding hydrogens is 282 g/mol. The zero-order valence-corrected chi connectivity index (χ0v) is 13.0. The summed E-state index contributed by atoms with van der Waals surface area (Å²) in [5, 5.41) is 13.0. The molecule has 1 heterocycles. The molecule has 1 aliphatic carbocycles. The van der Waals surface area contributed by atoms with Gasteiger partial charge in [-0.15, -0.1) is 11.3 Å². The second-order valence-corrected chi connectivity index (χ2v) is 8.90. The summed E-state index contributed by atoms with van der Waals surface area (Å²) in [6, 6.07) is 0. The molecule has 1 aromatic heterocycles. The fraction of sp³-hybridized carbons (Fsp3) is 0.769. The van der Waals surface area contributed by atoms with Crippen molar-refractivity contribution in [2.75, 3.05) is 6.26 Å². The first kappa shape index (κ1) is 14.9. The van der Waals surface area contributed by atoms with E-state index in [1.54, 1.807) is 11.3 Å². The highest BCUT2D eigenvalue weighted by molar-refractivity contribution is 7.91. The van der Waals surface area contributed by atoms with E-state index in [0.29, 0.717) is 12.8 Å². The van der Waals surface area contributed by atoms with Gasteiger partial charge in [0.2, 0.25) is 0 Å². The Labute approximate surface area is 118 Å². The van der Waals surface area contributed by atoms with E-state index >= 15 is 0 Å². The SMILES string of the molecule is Cc1nc(CC(O)C2CCCC(S(C)(=O)=O)C2)cs1. The zero-order chi connectivity index (χ0) is 14.0. The summed E-state index contributed by atoms with van der Waals surface area (Å²) >= 11 is 1.58. The predicted molar refractivity (Wildman–Crippen MR) is 77.2 cm³/mol. The van der Waals surface area contributed by atoms with E-state index in [-0.39, 0.29) is 11.2 Å². The van der Waals surface area contributed by atoms with Crippen LogP contribution in [0, 0.1) is 12.8 Å². The Morgan fingerprint density at radius 3 is 2.84 bits per heavy atom. The number of aliphatic hydroxyl groups excluding tert-OH is 1. The van der Waals surface area contributed by atoms with Crippen molar-refractivity contribution in [1.29, 1.82) is 0 Å². The number of nitrogens with zero attached hydrogens (tertiary/aromatic N) is 1. The van der Waals surface area contributed by atoms with Crippen LogP contribution in [0.25, 0.3) is 0 Å². The molecule has 1 aliphatic rings. The van der Waals surface area contributed by atoms with Gasteiger partial charge in [-0.25, -0.2) is 13.4 Å². The van der Waals surface area contributed by atoms with Crippen LogP contribution in [0.15, 0.2) is 5.38 Å². The van der Waals surface area contributed by atoms with Crippen LogP contribution in [-0.4, -0.2) is 36.1 Å². The van der Waals surface area contributed by atoms with Crippen molar-refractivity contribution in [2.45, 2.75) is 50.4 Å². The minimum Gasteiger partial charge on any atom is -0.392 e. The molecule has 1 N–H and O–H groups in total. The molecule has 0 spiro atoms. The molecule has 6 heteroatoms. The van der Waals surface area contributed by atoms with E-state index < -0.39 is 15.9 Å². The topological polar surface area (TPSA) is 67.3 Å². The Morgan fingerprint density at radius 1 is 1.53 bits per heavy atom. The number of aliphatic hydroxyl groups is 1. The molecule has 2 rings (SSSR count). The molecule has 108 valence electrons. The third-order valence-corrected chi connectivity index (χ3v) is 6.36. The molecule has 1 saturated carbocycles. The molecule has 1 fully saturated rings. The summed E-state index contributed by atoms with van der Waals surface area (Å²) in [7, 11) is -2.99. The van der Waals surface area contributed by atoms with Gasteiger partial charge in [0.25, 0.3) is 0 Å². The molecule has 4 nitrogen and oxygen atoms in total. The van der Waals surface area contributed by atoms with Gasteiger partial charge in [0.1, 0.15) is 9.84 Å². The van der Waals surface area contributed by atoms with Crippen LogP contribution in [-0.2, 0) is 16.3 Å². The van der Waals surface area contributed by atoms with Crippen molar-refractivity contribution in [3.63, 3.8) is 0 Å². The maximum atomic E-state index is 11.6. The molecule has 3 unspecified atom stereocenters. The lowest BCUT2D eigenvalue weighted by Crippen LogP contribution is -2.34. The fourth-order valence-electron chi connectivity index (χ4n) is 2.80. The number of aryl methyl sites for hydroxylation is 1. The van der Waals surface area contributed by atoms with E-state index in [1.807, 2.05) is 12.3 Å². The molecule has 0 aromatic carbocycles. The summed E-state index contributed by atoms with van der Waals surface area (Å²) in [6.45, 7) is 1.95. The van der Waals surface area contributed by atoms with Gasteiger partial charge in [-0.05, 0) is 32.1 Å². The molecule has 0 bridgehead atoms. The molecular formula is C13H21NO3S2. The van der Waals surface area contributed by atoms with E-state index in [0.717, 1.165) is 30.0 Å². The smallest absolute Gasteiger partial charge is 0.150 e. The lowest BCUT2D eigenvalue weighted by molar-refractivity contribution is 0.0852. The maximum Gasteiger partial charge on any atom is 0.150 e. The second-order valence-electron chi connectivity index (χ2n) is 5.51. The lowest BCUT2D eigenvalue weighted by atomic mass is 9.83. The van der Waals surface area contributed by atoms with Crippen LogP contribution in [0.5, 0.6) is 0 Å². The first-order chi connectivity index (χ1) is 8.86. The predicted octanol–water partition coefficient (Wildman–Crippen LogP) is 1.96. The van der Waals surface area contributed by atoms with Crippen molar-refractivity contribution < 1.29 is 13.5 Å². The van der Waals surface area contributed by atoms with Crippen molar-refractivity contribution in [3.8, 4) is 0 Å². The van der Waals surface area contributed by atoms with E-state index in [9.17, 15) is 13.5 Å². The van der Waals surface area contributed by atoms with Gasteiger partial charge >= 0.3 is 0 Å². The Kier molecular flexibility index (Phi) is 4.63. The largest absolute Gasteiger partial charge is 0.392 e. The highest BCUT2D eigenvalue weighted by atomic mass is 32.2. The molecule has 0 radical (unpaired) electrons. The third-order valence-electron chi connectivity index (χ3n) is 3.90. The second kappa shape index (κ2) is 5.89. The van der Waals surface area contributed by atoms with E-state index in [2.05, 4.69) is 4.98 Å². The minimum atomic E-state index is -2.99. The number of thiazole rings is 1. The maximum absolute atomic E-state index is 11.6. The first-order valence-electron chi connectivity index (χ1n) is 6.64. The Morgan fingerprint density at radius 2 is 2.26 bits per heavy atom. The van der Waals surface area contributed by atoms with Gasteiger partial charge in [-0.1, -0.05) is 6.42 Å². The number of rotatable bonds is 4. The number of hydrogen-bond donors (Lipinski definition) is 1.